The molecule has 0 bridgehead atoms. The Bertz CT molecular complexity index is 708. The molecule has 1 N–H and O–H groups in total. The second kappa shape index (κ2) is 4.95. The molecule has 110 valence electrons. The normalized spacial score (nSPS) is 16.0. The van der Waals surface area contributed by atoms with Crippen LogP contribution < -0.4 is 0 Å². The lowest BCUT2D eigenvalue weighted by atomic mass is 10.1. The first-order chi connectivity index (χ1) is 9.99. The first-order valence-corrected chi connectivity index (χ1v) is 6.76. The summed E-state index contributed by atoms with van der Waals surface area (Å²) < 4.78 is 28.8. The van der Waals surface area contributed by atoms with E-state index in [1.807, 2.05) is 6.92 Å². The van der Waals surface area contributed by atoms with Crippen molar-refractivity contribution in [2.75, 3.05) is 0 Å². The molecule has 21 heavy (non-hydrogen) atoms. The smallest absolute Gasteiger partial charge is 0.339 e. The first kappa shape index (κ1) is 13.7. The number of carboxylic acids is 1. The molecule has 0 radical (unpaired) electrons. The van der Waals surface area contributed by atoms with Gasteiger partial charge in [0.15, 0.2) is 11.6 Å². The van der Waals surface area contributed by atoms with Crippen molar-refractivity contribution in [3.05, 3.63) is 41.6 Å². The molecule has 0 aliphatic heterocycles. The Morgan fingerprint density at radius 1 is 1.43 bits per heavy atom. The highest BCUT2D eigenvalue weighted by molar-refractivity contribution is 5.94. The molecule has 1 heterocycles. The molecule has 1 aromatic carbocycles. The third kappa shape index (κ3) is 2.41. The maximum Gasteiger partial charge on any atom is 0.339 e. The zero-order valence-electron chi connectivity index (χ0n) is 11.4. The summed E-state index contributed by atoms with van der Waals surface area (Å²) in [7, 11) is 0. The van der Waals surface area contributed by atoms with Crippen LogP contribution in [0, 0.1) is 17.6 Å². The van der Waals surface area contributed by atoms with Gasteiger partial charge in [-0.3, -0.25) is 4.68 Å². The van der Waals surface area contributed by atoms with Crippen LogP contribution in [0.3, 0.4) is 0 Å². The number of aromatic nitrogens is 2. The molecule has 0 spiro atoms. The molecule has 1 unspecified atom stereocenters. The average molecular weight is 292 g/mol. The van der Waals surface area contributed by atoms with E-state index in [1.165, 1.54) is 18.3 Å². The fraction of sp³-hybridized carbons (Fsp3) is 0.333. The lowest BCUT2D eigenvalue weighted by Crippen LogP contribution is -2.07. The predicted molar refractivity (Wildman–Crippen MR) is 72.0 cm³/mol. The number of hydrogen-bond acceptors (Lipinski definition) is 2. The highest BCUT2D eigenvalue weighted by Gasteiger charge is 2.31. The molecule has 1 aliphatic carbocycles. The summed E-state index contributed by atoms with van der Waals surface area (Å²) in [6.45, 7) is 1.95. The van der Waals surface area contributed by atoms with Gasteiger partial charge < -0.3 is 5.11 Å². The van der Waals surface area contributed by atoms with Crippen molar-refractivity contribution in [2.24, 2.45) is 5.92 Å². The van der Waals surface area contributed by atoms with E-state index in [2.05, 4.69) is 5.10 Å². The van der Waals surface area contributed by atoms with E-state index in [0.29, 0.717) is 5.92 Å². The second-order valence-corrected chi connectivity index (χ2v) is 5.36. The van der Waals surface area contributed by atoms with Gasteiger partial charge in [0, 0.05) is 11.8 Å². The highest BCUT2D eigenvalue weighted by Crippen LogP contribution is 2.40. The molecule has 4 nitrogen and oxygen atoms in total. The van der Waals surface area contributed by atoms with Gasteiger partial charge in [0.2, 0.25) is 0 Å². The molecule has 1 atom stereocenters. The van der Waals surface area contributed by atoms with E-state index in [-0.39, 0.29) is 22.9 Å². The van der Waals surface area contributed by atoms with Crippen LogP contribution in [0.25, 0.3) is 11.3 Å². The molecule has 1 fully saturated rings. The zero-order valence-corrected chi connectivity index (χ0v) is 11.4. The molecule has 1 aliphatic rings. The molecule has 0 amide bonds. The summed E-state index contributed by atoms with van der Waals surface area (Å²) in [5.41, 5.74) is -0.284. The Kier molecular flexibility index (Phi) is 3.23. The zero-order chi connectivity index (χ0) is 15.1. The largest absolute Gasteiger partial charge is 0.478 e. The molecular weight excluding hydrogens is 278 g/mol. The quantitative estimate of drug-likeness (QED) is 0.938. The number of carboxylic acid groups (broad SMARTS) is 1. The lowest BCUT2D eigenvalue weighted by Gasteiger charge is -2.09. The van der Waals surface area contributed by atoms with Gasteiger partial charge in [0.1, 0.15) is 11.3 Å². The summed E-state index contributed by atoms with van der Waals surface area (Å²) in [4.78, 5) is 11.3. The van der Waals surface area contributed by atoms with Gasteiger partial charge >= 0.3 is 5.97 Å². The molecule has 3 rings (SSSR count). The Morgan fingerprint density at radius 2 is 2.14 bits per heavy atom. The van der Waals surface area contributed by atoms with E-state index >= 15 is 0 Å². The second-order valence-electron chi connectivity index (χ2n) is 5.36. The monoisotopic (exact) mass is 292 g/mol. The van der Waals surface area contributed by atoms with Crippen LogP contribution >= 0.6 is 0 Å². The van der Waals surface area contributed by atoms with Crippen molar-refractivity contribution in [3.8, 4) is 11.3 Å². The maximum absolute atomic E-state index is 13.9. The van der Waals surface area contributed by atoms with Crippen LogP contribution in [0.2, 0.25) is 0 Å². The molecular formula is C15H14F2N2O2. The Balaban J connectivity index is 2.12. The third-order valence-electron chi connectivity index (χ3n) is 3.89. The number of benzene rings is 1. The van der Waals surface area contributed by atoms with Crippen LogP contribution in [0.15, 0.2) is 24.4 Å². The van der Waals surface area contributed by atoms with Crippen molar-refractivity contribution < 1.29 is 18.7 Å². The minimum atomic E-state index is -1.21. The van der Waals surface area contributed by atoms with Crippen LogP contribution in [-0.4, -0.2) is 20.9 Å². The predicted octanol–water partition coefficient (Wildman–Crippen LogP) is 3.50. The van der Waals surface area contributed by atoms with Gasteiger partial charge in [-0.1, -0.05) is 6.07 Å². The number of hydrogen-bond donors (Lipinski definition) is 1. The van der Waals surface area contributed by atoms with Gasteiger partial charge in [-0.05, 0) is 37.8 Å². The van der Waals surface area contributed by atoms with Crippen LogP contribution in [0.5, 0.6) is 0 Å². The van der Waals surface area contributed by atoms with Gasteiger partial charge in [0.25, 0.3) is 0 Å². The van der Waals surface area contributed by atoms with E-state index in [4.69, 9.17) is 0 Å². The van der Waals surface area contributed by atoms with Crippen molar-refractivity contribution >= 4 is 5.97 Å². The highest BCUT2D eigenvalue weighted by atomic mass is 19.2. The number of carbonyl (C=O) groups is 1. The van der Waals surface area contributed by atoms with Crippen molar-refractivity contribution in [1.29, 1.82) is 0 Å². The van der Waals surface area contributed by atoms with Gasteiger partial charge in [-0.15, -0.1) is 0 Å². The minimum absolute atomic E-state index is 0.0352. The summed E-state index contributed by atoms with van der Waals surface area (Å²) in [6.07, 6.45) is 3.55. The number of halogens is 2. The maximum atomic E-state index is 13.9. The Hall–Kier alpha value is -2.24. The van der Waals surface area contributed by atoms with Crippen molar-refractivity contribution in [3.63, 3.8) is 0 Å². The standard InChI is InChI=1S/C15H14F2N2O2/c1-8(9-5-6-9)19-7-11(15(20)21)14(18-19)10-3-2-4-12(16)13(10)17/h2-4,7-9H,5-6H2,1H3,(H,20,21). The van der Waals surface area contributed by atoms with Gasteiger partial charge in [0.05, 0.1) is 6.04 Å². The molecule has 2 aromatic rings. The van der Waals surface area contributed by atoms with Crippen LogP contribution in [-0.2, 0) is 0 Å². The first-order valence-electron chi connectivity index (χ1n) is 6.76. The summed E-state index contributed by atoms with van der Waals surface area (Å²) >= 11 is 0. The lowest BCUT2D eigenvalue weighted by molar-refractivity contribution is 0.0697. The summed E-state index contributed by atoms with van der Waals surface area (Å²) in [5.74, 6) is -2.84. The molecule has 1 aromatic heterocycles. The van der Waals surface area contributed by atoms with E-state index in [9.17, 15) is 18.7 Å². The van der Waals surface area contributed by atoms with Crippen LogP contribution in [0.1, 0.15) is 36.2 Å². The van der Waals surface area contributed by atoms with E-state index in [0.717, 1.165) is 18.9 Å². The van der Waals surface area contributed by atoms with Crippen molar-refractivity contribution in [1.82, 2.24) is 9.78 Å². The molecule has 6 heteroatoms. The van der Waals surface area contributed by atoms with Crippen molar-refractivity contribution in [2.45, 2.75) is 25.8 Å². The Morgan fingerprint density at radius 3 is 2.76 bits per heavy atom. The Labute approximate surface area is 120 Å². The third-order valence-corrected chi connectivity index (χ3v) is 3.89. The van der Waals surface area contributed by atoms with E-state index in [1.54, 1.807) is 4.68 Å². The summed E-state index contributed by atoms with van der Waals surface area (Å²) in [6, 6.07) is 3.71. The van der Waals surface area contributed by atoms with E-state index < -0.39 is 17.6 Å². The number of aromatic carboxylic acids is 1. The molecule has 0 saturated heterocycles. The fourth-order valence-electron chi connectivity index (χ4n) is 2.44. The molecule has 1 saturated carbocycles. The van der Waals surface area contributed by atoms with Gasteiger partial charge in [-0.2, -0.15) is 5.10 Å². The number of rotatable bonds is 4. The minimum Gasteiger partial charge on any atom is -0.478 e. The summed E-state index contributed by atoms with van der Waals surface area (Å²) in [5, 5.41) is 13.5. The number of nitrogens with zero attached hydrogens (tertiary/aromatic N) is 2. The topological polar surface area (TPSA) is 55.1 Å². The average Bonchev–Trinajstić information content (AvgIpc) is 3.19. The fourth-order valence-corrected chi connectivity index (χ4v) is 2.44. The van der Waals surface area contributed by atoms with Crippen LogP contribution in [0.4, 0.5) is 8.78 Å². The van der Waals surface area contributed by atoms with Gasteiger partial charge in [-0.25, -0.2) is 13.6 Å². The SMILES string of the molecule is CC(C1CC1)n1cc(C(=O)O)c(-c2cccc(F)c2F)n1.